The maximum atomic E-state index is 13.6. The number of nitrogens with two attached hydrogens (primary N) is 1. The molecule has 1 nitrogen and oxygen atoms in total. The molecule has 1 aromatic rings. The summed E-state index contributed by atoms with van der Waals surface area (Å²) in [6.45, 7) is 0. The van der Waals surface area contributed by atoms with Gasteiger partial charge in [0.1, 0.15) is 5.82 Å². The Morgan fingerprint density at radius 1 is 1.28 bits per heavy atom. The van der Waals surface area contributed by atoms with E-state index in [1.165, 1.54) is 38.2 Å². The summed E-state index contributed by atoms with van der Waals surface area (Å²) in [6, 6.07) is 4.73. The second-order valence-electron chi connectivity index (χ2n) is 5.44. The third-order valence-electron chi connectivity index (χ3n) is 3.85. The molecule has 0 aromatic heterocycles. The molecule has 2 rings (SSSR count). The SMILES string of the molecule is NC(Cc1cc(Cl)ccc1F)CC1CCCCC1. The van der Waals surface area contributed by atoms with E-state index in [4.69, 9.17) is 17.3 Å². The van der Waals surface area contributed by atoms with Gasteiger partial charge in [-0.25, -0.2) is 4.39 Å². The van der Waals surface area contributed by atoms with Crippen molar-refractivity contribution in [3.05, 3.63) is 34.6 Å². The van der Waals surface area contributed by atoms with Crippen molar-refractivity contribution in [1.82, 2.24) is 0 Å². The molecule has 2 N–H and O–H groups in total. The largest absolute Gasteiger partial charge is 0.327 e. The van der Waals surface area contributed by atoms with Crippen molar-refractivity contribution < 1.29 is 4.39 Å². The summed E-state index contributed by atoms with van der Waals surface area (Å²) in [7, 11) is 0. The summed E-state index contributed by atoms with van der Waals surface area (Å²) in [5.74, 6) is 0.537. The third kappa shape index (κ3) is 3.96. The highest BCUT2D eigenvalue weighted by molar-refractivity contribution is 6.30. The van der Waals surface area contributed by atoms with Crippen LogP contribution in [0.15, 0.2) is 18.2 Å². The van der Waals surface area contributed by atoms with Crippen LogP contribution in [0.4, 0.5) is 4.39 Å². The average Bonchev–Trinajstić information content (AvgIpc) is 2.35. The predicted octanol–water partition coefficient (Wildman–Crippen LogP) is 4.32. The highest BCUT2D eigenvalue weighted by Crippen LogP contribution is 2.28. The van der Waals surface area contributed by atoms with E-state index in [-0.39, 0.29) is 11.9 Å². The standard InChI is InChI=1S/C15H21ClFN/c16-13-6-7-15(17)12(9-13)10-14(18)8-11-4-2-1-3-5-11/h6-7,9,11,14H,1-5,8,10,18H2. The average molecular weight is 270 g/mol. The quantitative estimate of drug-likeness (QED) is 0.866. The summed E-state index contributed by atoms with van der Waals surface area (Å²) in [5.41, 5.74) is 6.79. The van der Waals surface area contributed by atoms with Crippen molar-refractivity contribution in [2.45, 2.75) is 51.0 Å². The van der Waals surface area contributed by atoms with Crippen molar-refractivity contribution in [3.63, 3.8) is 0 Å². The minimum Gasteiger partial charge on any atom is -0.327 e. The van der Waals surface area contributed by atoms with E-state index in [2.05, 4.69) is 0 Å². The first kappa shape index (κ1) is 13.8. The second-order valence-corrected chi connectivity index (χ2v) is 5.88. The van der Waals surface area contributed by atoms with Gasteiger partial charge in [-0.1, -0.05) is 43.7 Å². The lowest BCUT2D eigenvalue weighted by Crippen LogP contribution is -2.27. The van der Waals surface area contributed by atoms with E-state index in [9.17, 15) is 4.39 Å². The number of benzene rings is 1. The first-order valence-electron chi connectivity index (χ1n) is 6.84. The lowest BCUT2D eigenvalue weighted by molar-refractivity contribution is 0.316. The number of hydrogen-bond donors (Lipinski definition) is 1. The highest BCUT2D eigenvalue weighted by atomic mass is 35.5. The Kier molecular flexibility index (Phi) is 5.02. The van der Waals surface area contributed by atoms with E-state index in [1.54, 1.807) is 12.1 Å². The first-order chi connectivity index (χ1) is 8.65. The monoisotopic (exact) mass is 269 g/mol. The van der Waals surface area contributed by atoms with Crippen LogP contribution in [-0.4, -0.2) is 6.04 Å². The van der Waals surface area contributed by atoms with Crippen LogP contribution in [0.1, 0.15) is 44.1 Å². The molecule has 100 valence electrons. The van der Waals surface area contributed by atoms with E-state index in [0.29, 0.717) is 17.0 Å². The Labute approximate surface area is 114 Å². The molecule has 0 amide bonds. The van der Waals surface area contributed by atoms with Gasteiger partial charge in [0.05, 0.1) is 0 Å². The Bertz CT molecular complexity index is 388. The van der Waals surface area contributed by atoms with E-state index < -0.39 is 0 Å². The molecule has 1 fully saturated rings. The zero-order valence-electron chi connectivity index (χ0n) is 10.7. The van der Waals surface area contributed by atoms with Crippen LogP contribution in [0.25, 0.3) is 0 Å². The van der Waals surface area contributed by atoms with E-state index >= 15 is 0 Å². The predicted molar refractivity (Wildman–Crippen MR) is 74.3 cm³/mol. The van der Waals surface area contributed by atoms with Crippen LogP contribution < -0.4 is 5.73 Å². The van der Waals surface area contributed by atoms with Gasteiger partial charge in [0, 0.05) is 11.1 Å². The molecule has 0 saturated heterocycles. The van der Waals surface area contributed by atoms with Crippen molar-refractivity contribution in [2.75, 3.05) is 0 Å². The fraction of sp³-hybridized carbons (Fsp3) is 0.600. The highest BCUT2D eigenvalue weighted by Gasteiger charge is 2.17. The molecule has 0 heterocycles. The summed E-state index contributed by atoms with van der Waals surface area (Å²) in [5, 5.41) is 0.580. The molecular weight excluding hydrogens is 249 g/mol. The minimum absolute atomic E-state index is 0.0427. The lowest BCUT2D eigenvalue weighted by atomic mass is 9.84. The van der Waals surface area contributed by atoms with Crippen molar-refractivity contribution in [3.8, 4) is 0 Å². The summed E-state index contributed by atoms with van der Waals surface area (Å²) < 4.78 is 13.6. The molecule has 1 aromatic carbocycles. The van der Waals surface area contributed by atoms with E-state index in [1.807, 2.05) is 0 Å². The molecule has 1 saturated carbocycles. The van der Waals surface area contributed by atoms with Crippen molar-refractivity contribution in [1.29, 1.82) is 0 Å². The zero-order chi connectivity index (χ0) is 13.0. The third-order valence-corrected chi connectivity index (χ3v) is 4.09. The summed E-state index contributed by atoms with van der Waals surface area (Å²) in [4.78, 5) is 0. The smallest absolute Gasteiger partial charge is 0.126 e. The van der Waals surface area contributed by atoms with Crippen LogP contribution in [-0.2, 0) is 6.42 Å². The van der Waals surface area contributed by atoms with Crippen molar-refractivity contribution in [2.24, 2.45) is 11.7 Å². The lowest BCUT2D eigenvalue weighted by Gasteiger charge is -2.24. The van der Waals surface area contributed by atoms with Crippen LogP contribution >= 0.6 is 11.6 Å². The summed E-state index contributed by atoms with van der Waals surface area (Å²) in [6.07, 6.45) is 8.16. The molecule has 0 aliphatic heterocycles. The van der Waals surface area contributed by atoms with Crippen LogP contribution in [0.3, 0.4) is 0 Å². The number of hydrogen-bond acceptors (Lipinski definition) is 1. The van der Waals surface area contributed by atoms with E-state index in [0.717, 1.165) is 12.3 Å². The van der Waals surface area contributed by atoms with Gasteiger partial charge >= 0.3 is 0 Å². The summed E-state index contributed by atoms with van der Waals surface area (Å²) >= 11 is 5.88. The van der Waals surface area contributed by atoms with Crippen molar-refractivity contribution >= 4 is 11.6 Å². The minimum atomic E-state index is -0.196. The molecule has 1 aliphatic carbocycles. The first-order valence-corrected chi connectivity index (χ1v) is 7.22. The molecule has 18 heavy (non-hydrogen) atoms. The van der Waals surface area contributed by atoms with Gasteiger partial charge < -0.3 is 5.73 Å². The molecule has 0 bridgehead atoms. The molecule has 3 heteroatoms. The maximum absolute atomic E-state index is 13.6. The van der Waals surface area contributed by atoms with Gasteiger partial charge in [0.15, 0.2) is 0 Å². The number of rotatable bonds is 4. The normalized spacial score (nSPS) is 18.8. The Hall–Kier alpha value is -0.600. The fourth-order valence-corrected chi connectivity index (χ4v) is 3.11. The van der Waals surface area contributed by atoms with Crippen LogP contribution in [0, 0.1) is 11.7 Å². The van der Waals surface area contributed by atoms with Gasteiger partial charge in [-0.3, -0.25) is 0 Å². The van der Waals surface area contributed by atoms with Gasteiger partial charge in [0.25, 0.3) is 0 Å². The van der Waals surface area contributed by atoms with Gasteiger partial charge in [-0.05, 0) is 42.5 Å². The molecule has 1 atom stereocenters. The second kappa shape index (κ2) is 6.53. The number of halogens is 2. The Morgan fingerprint density at radius 3 is 2.72 bits per heavy atom. The maximum Gasteiger partial charge on any atom is 0.126 e. The molecule has 0 spiro atoms. The van der Waals surface area contributed by atoms with Crippen LogP contribution in [0.5, 0.6) is 0 Å². The van der Waals surface area contributed by atoms with Gasteiger partial charge in [-0.2, -0.15) is 0 Å². The van der Waals surface area contributed by atoms with Crippen LogP contribution in [0.2, 0.25) is 5.02 Å². The topological polar surface area (TPSA) is 26.0 Å². The fourth-order valence-electron chi connectivity index (χ4n) is 2.92. The van der Waals surface area contributed by atoms with Gasteiger partial charge in [-0.15, -0.1) is 0 Å². The Balaban J connectivity index is 1.89. The molecule has 1 unspecified atom stereocenters. The molecule has 0 radical (unpaired) electrons. The molecule has 1 aliphatic rings. The molecular formula is C15H21ClFN. The Morgan fingerprint density at radius 2 is 2.00 bits per heavy atom. The zero-order valence-corrected chi connectivity index (χ0v) is 11.4. The van der Waals surface area contributed by atoms with Gasteiger partial charge in [0.2, 0.25) is 0 Å².